The maximum Gasteiger partial charge on any atom is 0.231 e. The van der Waals surface area contributed by atoms with Gasteiger partial charge in [-0.05, 0) is 30.9 Å². The average Bonchev–Trinajstić information content (AvgIpc) is 2.96. The lowest BCUT2D eigenvalue weighted by Gasteiger charge is -2.26. The first kappa shape index (κ1) is 15.8. The molecule has 0 atom stereocenters. The second kappa shape index (κ2) is 6.94. The predicted molar refractivity (Wildman–Crippen MR) is 85.4 cm³/mol. The van der Waals surface area contributed by atoms with Crippen molar-refractivity contribution in [3.8, 4) is 5.75 Å². The zero-order valence-corrected chi connectivity index (χ0v) is 13.0. The minimum absolute atomic E-state index is 0.0306. The number of anilines is 1. The quantitative estimate of drug-likeness (QED) is 0.845. The van der Waals surface area contributed by atoms with E-state index in [9.17, 15) is 4.79 Å². The van der Waals surface area contributed by atoms with Crippen LogP contribution in [-0.4, -0.2) is 19.1 Å². The van der Waals surface area contributed by atoms with E-state index in [0.717, 1.165) is 37.1 Å². The number of nitrogens with two attached hydrogens (primary N) is 1. The molecule has 0 spiro atoms. The molecule has 3 N–H and O–H groups in total. The van der Waals surface area contributed by atoms with Crippen molar-refractivity contribution in [3.63, 3.8) is 0 Å². The highest BCUT2D eigenvalue weighted by Crippen LogP contribution is 2.39. The Labute approximate surface area is 127 Å². The third-order valence-electron chi connectivity index (χ3n) is 4.14. The monoisotopic (exact) mass is 290 g/mol. The molecule has 1 aromatic rings. The summed E-state index contributed by atoms with van der Waals surface area (Å²) in [6, 6.07) is 7.59. The molecule has 0 aliphatic heterocycles. The summed E-state index contributed by atoms with van der Waals surface area (Å²) in [6.45, 7) is 5.25. The molecule has 1 aromatic carbocycles. The first-order chi connectivity index (χ1) is 10.1. The molecule has 4 nitrogen and oxygen atoms in total. The summed E-state index contributed by atoms with van der Waals surface area (Å²) in [4.78, 5) is 12.6. The van der Waals surface area contributed by atoms with Gasteiger partial charge in [-0.25, -0.2) is 0 Å². The van der Waals surface area contributed by atoms with Crippen molar-refractivity contribution >= 4 is 11.6 Å². The van der Waals surface area contributed by atoms with E-state index in [1.54, 1.807) is 0 Å². The van der Waals surface area contributed by atoms with Crippen LogP contribution in [0.5, 0.6) is 5.75 Å². The summed E-state index contributed by atoms with van der Waals surface area (Å²) < 4.78 is 5.78. The molecule has 116 valence electrons. The Bertz CT molecular complexity index is 479. The molecule has 1 aliphatic rings. The van der Waals surface area contributed by atoms with Crippen molar-refractivity contribution in [1.29, 1.82) is 0 Å². The highest BCUT2D eigenvalue weighted by Gasteiger charge is 2.40. The van der Waals surface area contributed by atoms with E-state index < -0.39 is 5.41 Å². The molecule has 0 saturated heterocycles. The van der Waals surface area contributed by atoms with Crippen LogP contribution in [0.25, 0.3) is 0 Å². The fourth-order valence-electron chi connectivity index (χ4n) is 2.78. The van der Waals surface area contributed by atoms with Crippen LogP contribution in [-0.2, 0) is 4.79 Å². The Morgan fingerprint density at radius 2 is 2.00 bits per heavy atom. The largest absolute Gasteiger partial charge is 0.491 e. The van der Waals surface area contributed by atoms with Gasteiger partial charge in [-0.15, -0.1) is 0 Å². The molecule has 1 fully saturated rings. The minimum Gasteiger partial charge on any atom is -0.491 e. The van der Waals surface area contributed by atoms with Crippen molar-refractivity contribution in [2.45, 2.75) is 39.5 Å². The van der Waals surface area contributed by atoms with Gasteiger partial charge in [0, 0.05) is 6.54 Å². The third-order valence-corrected chi connectivity index (χ3v) is 4.14. The first-order valence-corrected chi connectivity index (χ1v) is 7.81. The fourth-order valence-corrected chi connectivity index (χ4v) is 2.78. The maximum absolute atomic E-state index is 12.6. The molecule has 2 rings (SSSR count). The summed E-state index contributed by atoms with van der Waals surface area (Å²) in [6.07, 6.45) is 3.92. The van der Waals surface area contributed by atoms with Gasteiger partial charge in [-0.2, -0.15) is 0 Å². The van der Waals surface area contributed by atoms with Crippen molar-refractivity contribution in [3.05, 3.63) is 24.3 Å². The lowest BCUT2D eigenvalue weighted by atomic mass is 9.85. The van der Waals surface area contributed by atoms with Gasteiger partial charge in [-0.1, -0.05) is 38.8 Å². The van der Waals surface area contributed by atoms with Crippen LogP contribution in [0.15, 0.2) is 24.3 Å². The van der Waals surface area contributed by atoms with E-state index in [-0.39, 0.29) is 5.91 Å². The van der Waals surface area contributed by atoms with Gasteiger partial charge < -0.3 is 15.8 Å². The number of nitrogens with one attached hydrogen (secondary N) is 1. The molecule has 1 aliphatic carbocycles. The summed E-state index contributed by atoms with van der Waals surface area (Å²) in [5.41, 5.74) is 6.21. The van der Waals surface area contributed by atoms with Gasteiger partial charge in [0.1, 0.15) is 5.75 Å². The number of para-hydroxylation sites is 2. The fraction of sp³-hybridized carbons (Fsp3) is 0.588. The SMILES string of the molecule is CC(C)COc1ccccc1NC(=O)C1(CN)CCCC1. The molecule has 0 unspecified atom stereocenters. The third kappa shape index (κ3) is 3.76. The van der Waals surface area contributed by atoms with Crippen LogP contribution in [0.2, 0.25) is 0 Å². The van der Waals surface area contributed by atoms with E-state index in [4.69, 9.17) is 10.5 Å². The smallest absolute Gasteiger partial charge is 0.231 e. The molecule has 0 radical (unpaired) electrons. The second-order valence-electron chi connectivity index (χ2n) is 6.35. The number of carbonyl (C=O) groups excluding carboxylic acids is 1. The topological polar surface area (TPSA) is 64.3 Å². The Morgan fingerprint density at radius 3 is 2.62 bits per heavy atom. The van der Waals surface area contributed by atoms with Crippen LogP contribution in [0.4, 0.5) is 5.69 Å². The van der Waals surface area contributed by atoms with Gasteiger partial charge in [0.05, 0.1) is 17.7 Å². The van der Waals surface area contributed by atoms with Crippen LogP contribution < -0.4 is 15.8 Å². The highest BCUT2D eigenvalue weighted by molar-refractivity contribution is 5.96. The first-order valence-electron chi connectivity index (χ1n) is 7.81. The van der Waals surface area contributed by atoms with Gasteiger partial charge in [0.25, 0.3) is 0 Å². The predicted octanol–water partition coefficient (Wildman–Crippen LogP) is 3.18. The zero-order chi connectivity index (χ0) is 15.3. The van der Waals surface area contributed by atoms with Gasteiger partial charge >= 0.3 is 0 Å². The Balaban J connectivity index is 2.10. The molecule has 4 heteroatoms. The lowest BCUT2D eigenvalue weighted by molar-refractivity contribution is -0.124. The molecular formula is C17H26N2O2. The van der Waals surface area contributed by atoms with Crippen molar-refractivity contribution in [2.24, 2.45) is 17.1 Å². The van der Waals surface area contributed by atoms with Crippen LogP contribution >= 0.6 is 0 Å². The van der Waals surface area contributed by atoms with Crippen LogP contribution in [0.3, 0.4) is 0 Å². The number of hydrogen-bond donors (Lipinski definition) is 2. The number of benzene rings is 1. The molecule has 1 saturated carbocycles. The summed E-state index contributed by atoms with van der Waals surface area (Å²) >= 11 is 0. The number of ether oxygens (including phenoxy) is 1. The molecule has 0 heterocycles. The van der Waals surface area contributed by atoms with E-state index >= 15 is 0 Å². The van der Waals surface area contributed by atoms with Gasteiger partial charge in [0.15, 0.2) is 0 Å². The van der Waals surface area contributed by atoms with Gasteiger partial charge in [0.2, 0.25) is 5.91 Å². The molecule has 21 heavy (non-hydrogen) atoms. The minimum atomic E-state index is -0.398. The molecule has 1 amide bonds. The Morgan fingerprint density at radius 1 is 1.33 bits per heavy atom. The highest BCUT2D eigenvalue weighted by atomic mass is 16.5. The summed E-state index contributed by atoms with van der Waals surface area (Å²) in [5.74, 6) is 1.20. The van der Waals surface area contributed by atoms with Crippen LogP contribution in [0.1, 0.15) is 39.5 Å². The number of hydrogen-bond acceptors (Lipinski definition) is 3. The van der Waals surface area contributed by atoms with E-state index in [0.29, 0.717) is 19.1 Å². The van der Waals surface area contributed by atoms with Crippen molar-refractivity contribution < 1.29 is 9.53 Å². The van der Waals surface area contributed by atoms with Gasteiger partial charge in [-0.3, -0.25) is 4.79 Å². The average molecular weight is 290 g/mol. The summed E-state index contributed by atoms with van der Waals surface area (Å²) in [5, 5.41) is 3.02. The van der Waals surface area contributed by atoms with E-state index in [2.05, 4.69) is 19.2 Å². The van der Waals surface area contributed by atoms with E-state index in [1.807, 2.05) is 24.3 Å². The maximum atomic E-state index is 12.6. The normalized spacial score (nSPS) is 17.0. The Kier molecular flexibility index (Phi) is 5.23. The molecular weight excluding hydrogens is 264 g/mol. The zero-order valence-electron chi connectivity index (χ0n) is 13.0. The van der Waals surface area contributed by atoms with E-state index in [1.165, 1.54) is 0 Å². The lowest BCUT2D eigenvalue weighted by Crippen LogP contribution is -2.40. The number of rotatable bonds is 6. The number of carbonyl (C=O) groups is 1. The van der Waals surface area contributed by atoms with Crippen LogP contribution in [0, 0.1) is 11.3 Å². The Hall–Kier alpha value is -1.55. The second-order valence-corrected chi connectivity index (χ2v) is 6.35. The number of amides is 1. The van der Waals surface area contributed by atoms with Crippen molar-refractivity contribution in [2.75, 3.05) is 18.5 Å². The molecule has 0 aromatic heterocycles. The van der Waals surface area contributed by atoms with Crippen molar-refractivity contribution in [1.82, 2.24) is 0 Å². The summed E-state index contributed by atoms with van der Waals surface area (Å²) in [7, 11) is 0. The molecule has 0 bridgehead atoms. The standard InChI is InChI=1S/C17H26N2O2/c1-13(2)11-21-15-8-4-3-7-14(15)19-16(20)17(12-18)9-5-6-10-17/h3-4,7-8,13H,5-6,9-12,18H2,1-2H3,(H,19,20).